The predicted octanol–water partition coefficient (Wildman–Crippen LogP) is 2.59. The second kappa shape index (κ2) is 8.19. The number of aromatic nitrogens is 1. The average Bonchev–Trinajstić information content (AvgIpc) is 2.90. The zero-order valence-electron chi connectivity index (χ0n) is 13.7. The summed E-state index contributed by atoms with van der Waals surface area (Å²) in [5.41, 5.74) is 1.74. The van der Waals surface area contributed by atoms with Gasteiger partial charge in [-0.05, 0) is 50.2 Å². The highest BCUT2D eigenvalue weighted by Crippen LogP contribution is 2.24. The van der Waals surface area contributed by atoms with Gasteiger partial charge in [-0.1, -0.05) is 6.92 Å². The van der Waals surface area contributed by atoms with E-state index in [1.54, 1.807) is 10.6 Å². The summed E-state index contributed by atoms with van der Waals surface area (Å²) in [6.07, 6.45) is 3.51. The molecular weight excluding hydrogens is 297 g/mol. The lowest BCUT2D eigenvalue weighted by Crippen LogP contribution is -2.20. The van der Waals surface area contributed by atoms with Crippen LogP contribution in [0.2, 0.25) is 0 Å². The maximum absolute atomic E-state index is 13.6. The number of likely N-dealkylation sites (N-methyl/N-ethyl adjacent to an activating group) is 1. The van der Waals surface area contributed by atoms with Crippen molar-refractivity contribution in [1.29, 1.82) is 0 Å². The Hall–Kier alpha value is -1.76. The third kappa shape index (κ3) is 4.37. The van der Waals surface area contributed by atoms with Crippen molar-refractivity contribution in [3.63, 3.8) is 0 Å². The summed E-state index contributed by atoms with van der Waals surface area (Å²) in [5.74, 6) is 4.66. The molecule has 0 saturated heterocycles. The molecule has 2 N–H and O–H groups in total. The lowest BCUT2D eigenvalue weighted by atomic mass is 10.1. The van der Waals surface area contributed by atoms with Gasteiger partial charge in [0.2, 0.25) is 5.91 Å². The number of hydrogen-bond acceptors (Lipinski definition) is 4. The van der Waals surface area contributed by atoms with Crippen LogP contribution in [-0.2, 0) is 11.3 Å². The molecule has 0 unspecified atom stereocenters. The molecule has 5 nitrogen and oxygen atoms in total. The molecule has 126 valence electrons. The van der Waals surface area contributed by atoms with Gasteiger partial charge in [-0.2, -0.15) is 0 Å². The predicted molar refractivity (Wildman–Crippen MR) is 88.8 cm³/mol. The minimum absolute atomic E-state index is 0.0336. The molecule has 2 rings (SSSR count). The van der Waals surface area contributed by atoms with Crippen molar-refractivity contribution in [2.45, 2.75) is 26.2 Å². The summed E-state index contributed by atoms with van der Waals surface area (Å²) in [6, 6.07) is 4.55. The summed E-state index contributed by atoms with van der Waals surface area (Å²) in [5, 5.41) is 0.804. The molecule has 0 bridgehead atoms. The zero-order valence-corrected chi connectivity index (χ0v) is 13.7. The Morgan fingerprint density at radius 3 is 2.91 bits per heavy atom. The van der Waals surface area contributed by atoms with Crippen molar-refractivity contribution >= 4 is 16.8 Å². The highest BCUT2D eigenvalue weighted by Gasteiger charge is 2.14. The van der Waals surface area contributed by atoms with E-state index in [0.29, 0.717) is 19.4 Å². The minimum Gasteiger partial charge on any atom is -0.306 e. The van der Waals surface area contributed by atoms with E-state index in [4.69, 9.17) is 5.90 Å². The summed E-state index contributed by atoms with van der Waals surface area (Å²) in [6.45, 7) is 4.24. The Balaban J connectivity index is 2.28. The van der Waals surface area contributed by atoms with Gasteiger partial charge in [0.15, 0.2) is 0 Å². The zero-order chi connectivity index (χ0) is 16.8. The van der Waals surface area contributed by atoms with Crippen molar-refractivity contribution in [2.75, 3.05) is 26.7 Å². The largest absolute Gasteiger partial charge is 0.306 e. The number of fused-ring (bicyclic) bond motifs is 1. The molecule has 0 atom stereocenters. The second-order valence-electron chi connectivity index (χ2n) is 5.70. The topological polar surface area (TPSA) is 60.5 Å². The number of carbonyl (C=O) groups is 1. The molecule has 0 amide bonds. The summed E-state index contributed by atoms with van der Waals surface area (Å²) in [7, 11) is 2.04. The van der Waals surface area contributed by atoms with E-state index in [-0.39, 0.29) is 11.7 Å². The molecule has 0 radical (unpaired) electrons. The highest BCUT2D eigenvalue weighted by molar-refractivity contribution is 5.94. The monoisotopic (exact) mass is 321 g/mol. The van der Waals surface area contributed by atoms with Gasteiger partial charge in [0.25, 0.3) is 0 Å². The van der Waals surface area contributed by atoms with Gasteiger partial charge in [0, 0.05) is 24.5 Å². The van der Waals surface area contributed by atoms with Crippen LogP contribution >= 0.6 is 0 Å². The van der Waals surface area contributed by atoms with Crippen LogP contribution in [0.3, 0.4) is 0 Å². The normalized spacial score (nSPS) is 11.5. The molecule has 2 aromatic rings. The molecule has 23 heavy (non-hydrogen) atoms. The van der Waals surface area contributed by atoms with Crippen LogP contribution in [0, 0.1) is 5.82 Å². The van der Waals surface area contributed by atoms with E-state index in [2.05, 4.69) is 16.7 Å². The quantitative estimate of drug-likeness (QED) is 0.600. The van der Waals surface area contributed by atoms with E-state index in [9.17, 15) is 9.18 Å². The van der Waals surface area contributed by atoms with E-state index >= 15 is 0 Å². The third-order valence-corrected chi connectivity index (χ3v) is 4.07. The van der Waals surface area contributed by atoms with Crippen molar-refractivity contribution in [2.24, 2.45) is 5.90 Å². The smallest absolute Gasteiger partial charge is 0.231 e. The molecule has 1 aromatic carbocycles. The van der Waals surface area contributed by atoms with Crippen LogP contribution in [0.15, 0.2) is 24.4 Å². The lowest BCUT2D eigenvalue weighted by Gasteiger charge is -2.12. The van der Waals surface area contributed by atoms with Gasteiger partial charge in [0.1, 0.15) is 5.82 Å². The number of benzene rings is 1. The van der Waals surface area contributed by atoms with Gasteiger partial charge in [-0.3, -0.25) is 9.36 Å². The van der Waals surface area contributed by atoms with Crippen molar-refractivity contribution < 1.29 is 14.0 Å². The Morgan fingerprint density at radius 2 is 2.22 bits per heavy atom. The Kier molecular flexibility index (Phi) is 6.27. The molecule has 6 heteroatoms. The standard InChI is InChI=1S/C17H24FN3O2/c1-3-20(2)9-8-13-12-21(17(22)5-4-10-23-19)16-7-6-14(18)11-15(13)16/h6-7,11-12H,3-5,8-10,19H2,1-2H3. The van der Waals surface area contributed by atoms with Gasteiger partial charge >= 0.3 is 0 Å². The molecule has 0 aliphatic carbocycles. The molecule has 0 spiro atoms. The van der Waals surface area contributed by atoms with Crippen LogP contribution in [0.1, 0.15) is 30.1 Å². The third-order valence-electron chi connectivity index (χ3n) is 4.07. The summed E-state index contributed by atoms with van der Waals surface area (Å²) >= 11 is 0. The van der Waals surface area contributed by atoms with Gasteiger partial charge in [0.05, 0.1) is 12.1 Å². The fraction of sp³-hybridized carbons (Fsp3) is 0.471. The Bertz CT molecular complexity index is 669. The van der Waals surface area contributed by atoms with E-state index in [1.165, 1.54) is 12.1 Å². The Morgan fingerprint density at radius 1 is 1.43 bits per heavy atom. The maximum Gasteiger partial charge on any atom is 0.231 e. The summed E-state index contributed by atoms with van der Waals surface area (Å²) < 4.78 is 15.2. The molecule has 0 aliphatic rings. The molecule has 0 aliphatic heterocycles. The number of nitrogens with two attached hydrogens (primary N) is 1. The fourth-order valence-corrected chi connectivity index (χ4v) is 2.57. The van der Waals surface area contributed by atoms with Crippen LogP contribution in [0.4, 0.5) is 4.39 Å². The van der Waals surface area contributed by atoms with E-state index in [0.717, 1.165) is 36.0 Å². The van der Waals surface area contributed by atoms with Crippen LogP contribution in [-0.4, -0.2) is 42.1 Å². The average molecular weight is 321 g/mol. The first-order chi connectivity index (χ1) is 11.1. The first kappa shape index (κ1) is 17.6. The first-order valence-corrected chi connectivity index (χ1v) is 7.89. The Labute approximate surface area is 135 Å². The van der Waals surface area contributed by atoms with Crippen molar-refractivity contribution in [1.82, 2.24) is 9.47 Å². The number of rotatable bonds is 8. The molecule has 0 saturated carbocycles. The molecule has 1 aromatic heterocycles. The van der Waals surface area contributed by atoms with Crippen molar-refractivity contribution in [3.8, 4) is 0 Å². The van der Waals surface area contributed by atoms with Crippen molar-refractivity contribution in [3.05, 3.63) is 35.8 Å². The van der Waals surface area contributed by atoms with Crippen LogP contribution in [0.5, 0.6) is 0 Å². The maximum atomic E-state index is 13.6. The number of halogens is 1. The van der Waals surface area contributed by atoms with Gasteiger partial charge in [-0.25, -0.2) is 10.3 Å². The van der Waals surface area contributed by atoms with Crippen LogP contribution in [0.25, 0.3) is 10.9 Å². The second-order valence-corrected chi connectivity index (χ2v) is 5.70. The SMILES string of the molecule is CCN(C)CCc1cn(C(=O)CCCON)c2ccc(F)cc12. The van der Waals surface area contributed by atoms with Gasteiger partial charge in [-0.15, -0.1) is 0 Å². The van der Waals surface area contributed by atoms with Gasteiger partial charge < -0.3 is 9.74 Å². The highest BCUT2D eigenvalue weighted by atomic mass is 19.1. The number of hydrogen-bond donors (Lipinski definition) is 1. The first-order valence-electron chi connectivity index (χ1n) is 7.89. The fourth-order valence-electron chi connectivity index (χ4n) is 2.57. The van der Waals surface area contributed by atoms with E-state index < -0.39 is 0 Å². The molecular formula is C17H24FN3O2. The molecule has 1 heterocycles. The molecule has 0 fully saturated rings. The van der Waals surface area contributed by atoms with Crippen LogP contribution < -0.4 is 5.90 Å². The lowest BCUT2D eigenvalue weighted by molar-refractivity contribution is 0.0868. The summed E-state index contributed by atoms with van der Waals surface area (Å²) in [4.78, 5) is 19.1. The van der Waals surface area contributed by atoms with E-state index in [1.807, 2.05) is 13.2 Å². The number of carbonyl (C=O) groups excluding carboxylic acids is 1. The minimum atomic E-state index is -0.288. The number of nitrogens with zero attached hydrogens (tertiary/aromatic N) is 2.